The molecule has 1 saturated heterocycles. The molecule has 0 spiro atoms. The molecule has 0 saturated carbocycles. The molecule has 1 fully saturated rings. The Bertz CT molecular complexity index is 229. The van der Waals surface area contributed by atoms with E-state index in [0.717, 1.165) is 45.3 Å². The predicted molar refractivity (Wildman–Crippen MR) is 57.9 cm³/mol. The van der Waals surface area contributed by atoms with Crippen molar-refractivity contribution in [1.29, 1.82) is 0 Å². The highest BCUT2D eigenvalue weighted by Gasteiger charge is 2.22. The number of terminal acetylenes is 1. The fourth-order valence-corrected chi connectivity index (χ4v) is 1.86. The molecule has 14 heavy (non-hydrogen) atoms. The number of piperidine rings is 1. The van der Waals surface area contributed by atoms with E-state index in [0.29, 0.717) is 5.78 Å². The number of hydrogen-bond donors (Lipinski definition) is 0. The first-order valence-corrected chi connectivity index (χ1v) is 5.42. The van der Waals surface area contributed by atoms with Crippen molar-refractivity contribution in [3.8, 4) is 12.3 Å². The van der Waals surface area contributed by atoms with Crippen molar-refractivity contribution in [2.45, 2.75) is 32.6 Å². The summed E-state index contributed by atoms with van der Waals surface area (Å²) in [5.74, 6) is 3.30. The Morgan fingerprint density at radius 1 is 1.57 bits per heavy atom. The normalized spacial score (nSPS) is 23.4. The Hall–Kier alpha value is -0.810. The summed E-state index contributed by atoms with van der Waals surface area (Å²) in [6.07, 6.45) is 9.05. The number of ketones is 1. The van der Waals surface area contributed by atoms with E-state index in [1.807, 2.05) is 6.92 Å². The zero-order valence-corrected chi connectivity index (χ0v) is 8.96. The van der Waals surface area contributed by atoms with Crippen LogP contribution in [-0.2, 0) is 4.79 Å². The summed E-state index contributed by atoms with van der Waals surface area (Å²) in [5.41, 5.74) is 0. The number of rotatable bonds is 4. The van der Waals surface area contributed by atoms with E-state index in [1.165, 1.54) is 0 Å². The maximum absolute atomic E-state index is 11.3. The molecule has 1 aliphatic rings. The average Bonchev–Trinajstić information content (AvgIpc) is 2.18. The predicted octanol–water partition coefficient (Wildman–Crippen LogP) is 1.70. The Balaban J connectivity index is 2.14. The lowest BCUT2D eigenvalue weighted by atomic mass is 9.98. The second kappa shape index (κ2) is 5.82. The molecule has 1 atom stereocenters. The number of unbranched alkanes of at least 4 members (excludes halogenated alkanes) is 2. The highest BCUT2D eigenvalue weighted by atomic mass is 16.1. The minimum atomic E-state index is 0.233. The molecule has 1 aliphatic heterocycles. The minimum Gasteiger partial charge on any atom is -0.302 e. The van der Waals surface area contributed by atoms with Gasteiger partial charge in [0.2, 0.25) is 0 Å². The largest absolute Gasteiger partial charge is 0.302 e. The third kappa shape index (κ3) is 3.51. The van der Waals surface area contributed by atoms with Crippen LogP contribution in [0.2, 0.25) is 0 Å². The van der Waals surface area contributed by atoms with E-state index in [2.05, 4.69) is 10.8 Å². The molecular weight excluding hydrogens is 174 g/mol. The summed E-state index contributed by atoms with van der Waals surface area (Å²) in [5, 5.41) is 0. The van der Waals surface area contributed by atoms with Crippen LogP contribution in [0.3, 0.4) is 0 Å². The molecule has 2 nitrogen and oxygen atoms in total. The van der Waals surface area contributed by atoms with E-state index in [9.17, 15) is 4.79 Å². The van der Waals surface area contributed by atoms with E-state index >= 15 is 0 Å². The summed E-state index contributed by atoms with van der Waals surface area (Å²) in [6, 6.07) is 0. The van der Waals surface area contributed by atoms with Gasteiger partial charge in [0.1, 0.15) is 5.78 Å². The highest BCUT2D eigenvalue weighted by Crippen LogP contribution is 2.12. The fourth-order valence-electron chi connectivity index (χ4n) is 1.86. The Labute approximate surface area is 86.7 Å². The average molecular weight is 193 g/mol. The molecule has 2 heteroatoms. The molecule has 0 aromatic heterocycles. The highest BCUT2D eigenvalue weighted by molar-refractivity contribution is 5.81. The molecule has 0 amide bonds. The van der Waals surface area contributed by atoms with Gasteiger partial charge in [0.15, 0.2) is 0 Å². The van der Waals surface area contributed by atoms with Gasteiger partial charge in [0.05, 0.1) is 0 Å². The van der Waals surface area contributed by atoms with Crippen molar-refractivity contribution < 1.29 is 4.79 Å². The molecular formula is C12H19NO. The van der Waals surface area contributed by atoms with Crippen LogP contribution in [0.15, 0.2) is 0 Å². The number of likely N-dealkylation sites (tertiary alicyclic amines) is 1. The van der Waals surface area contributed by atoms with Gasteiger partial charge in [-0.2, -0.15) is 0 Å². The molecule has 0 bridgehead atoms. The zero-order valence-electron chi connectivity index (χ0n) is 8.96. The van der Waals surface area contributed by atoms with E-state index in [-0.39, 0.29) is 5.92 Å². The zero-order chi connectivity index (χ0) is 10.4. The second-order valence-electron chi connectivity index (χ2n) is 4.08. The van der Waals surface area contributed by atoms with Gasteiger partial charge in [-0.05, 0) is 19.4 Å². The van der Waals surface area contributed by atoms with Gasteiger partial charge in [-0.1, -0.05) is 6.92 Å². The quantitative estimate of drug-likeness (QED) is 0.500. The van der Waals surface area contributed by atoms with Crippen LogP contribution in [0.4, 0.5) is 0 Å². The molecule has 1 heterocycles. The first-order chi connectivity index (χ1) is 6.74. The summed E-state index contributed by atoms with van der Waals surface area (Å²) in [4.78, 5) is 13.6. The van der Waals surface area contributed by atoms with Crippen LogP contribution in [0.1, 0.15) is 32.6 Å². The van der Waals surface area contributed by atoms with Crippen LogP contribution in [-0.4, -0.2) is 30.3 Å². The summed E-state index contributed by atoms with van der Waals surface area (Å²) in [7, 11) is 0. The van der Waals surface area contributed by atoms with Gasteiger partial charge in [-0.15, -0.1) is 12.3 Å². The monoisotopic (exact) mass is 193 g/mol. The topological polar surface area (TPSA) is 20.3 Å². The molecule has 78 valence electrons. The van der Waals surface area contributed by atoms with Crippen molar-refractivity contribution in [3.63, 3.8) is 0 Å². The molecule has 0 radical (unpaired) electrons. The SMILES string of the molecule is C#CCCCCN1CCC(=O)C(C)C1. The van der Waals surface area contributed by atoms with Crippen molar-refractivity contribution >= 4 is 5.78 Å². The smallest absolute Gasteiger partial charge is 0.138 e. The van der Waals surface area contributed by atoms with Gasteiger partial charge in [-0.3, -0.25) is 4.79 Å². The van der Waals surface area contributed by atoms with Crippen LogP contribution < -0.4 is 0 Å². The lowest BCUT2D eigenvalue weighted by Crippen LogP contribution is -2.39. The first kappa shape index (κ1) is 11.3. The summed E-state index contributed by atoms with van der Waals surface area (Å²) < 4.78 is 0. The van der Waals surface area contributed by atoms with Gasteiger partial charge >= 0.3 is 0 Å². The van der Waals surface area contributed by atoms with Gasteiger partial charge in [-0.25, -0.2) is 0 Å². The second-order valence-corrected chi connectivity index (χ2v) is 4.08. The molecule has 0 aromatic rings. The standard InChI is InChI=1S/C12H19NO/c1-3-4-5-6-8-13-9-7-12(14)11(2)10-13/h1,11H,4-10H2,2H3. The summed E-state index contributed by atoms with van der Waals surface area (Å²) >= 11 is 0. The maximum atomic E-state index is 11.3. The maximum Gasteiger partial charge on any atom is 0.138 e. The number of carbonyl (C=O) groups is 1. The van der Waals surface area contributed by atoms with Crippen molar-refractivity contribution in [1.82, 2.24) is 4.90 Å². The van der Waals surface area contributed by atoms with Crippen LogP contribution in [0.25, 0.3) is 0 Å². The van der Waals surface area contributed by atoms with Gasteiger partial charge in [0, 0.05) is 31.8 Å². The number of nitrogens with zero attached hydrogens (tertiary/aromatic N) is 1. The van der Waals surface area contributed by atoms with E-state index < -0.39 is 0 Å². The van der Waals surface area contributed by atoms with Crippen molar-refractivity contribution in [2.24, 2.45) is 5.92 Å². The molecule has 0 aromatic carbocycles. The first-order valence-electron chi connectivity index (χ1n) is 5.42. The Morgan fingerprint density at radius 2 is 2.36 bits per heavy atom. The Kier molecular flexibility index (Phi) is 4.69. The Morgan fingerprint density at radius 3 is 3.00 bits per heavy atom. The molecule has 1 rings (SSSR count). The minimum absolute atomic E-state index is 0.233. The lowest BCUT2D eigenvalue weighted by molar-refractivity contribution is -0.125. The molecule has 1 unspecified atom stereocenters. The van der Waals surface area contributed by atoms with E-state index in [1.54, 1.807) is 0 Å². The van der Waals surface area contributed by atoms with E-state index in [4.69, 9.17) is 6.42 Å². The third-order valence-electron chi connectivity index (χ3n) is 2.80. The fraction of sp³-hybridized carbons (Fsp3) is 0.750. The summed E-state index contributed by atoms with van der Waals surface area (Å²) in [6.45, 7) is 5.00. The van der Waals surface area contributed by atoms with Crippen molar-refractivity contribution in [2.75, 3.05) is 19.6 Å². The number of carbonyl (C=O) groups excluding carboxylic acids is 1. The number of Topliss-reactive ketones (excluding diaryl/α,β-unsaturated/α-hetero) is 1. The van der Waals surface area contributed by atoms with Crippen molar-refractivity contribution in [3.05, 3.63) is 0 Å². The van der Waals surface area contributed by atoms with Gasteiger partial charge in [0.25, 0.3) is 0 Å². The van der Waals surface area contributed by atoms with Gasteiger partial charge < -0.3 is 4.90 Å². The lowest BCUT2D eigenvalue weighted by Gasteiger charge is -2.29. The van der Waals surface area contributed by atoms with Crippen LogP contribution >= 0.6 is 0 Å². The molecule has 0 N–H and O–H groups in total. The third-order valence-corrected chi connectivity index (χ3v) is 2.80. The van der Waals surface area contributed by atoms with Crippen LogP contribution in [0.5, 0.6) is 0 Å². The number of hydrogen-bond acceptors (Lipinski definition) is 2. The van der Waals surface area contributed by atoms with Crippen LogP contribution in [0, 0.1) is 18.3 Å². The molecule has 0 aliphatic carbocycles.